The predicted molar refractivity (Wildman–Crippen MR) is 123 cm³/mol. The third-order valence-electron chi connectivity index (χ3n) is 4.76. The number of rotatable bonds is 8. The smallest absolute Gasteiger partial charge is 0.344 e. The zero-order valence-electron chi connectivity index (χ0n) is 18.0. The van der Waals surface area contributed by atoms with E-state index < -0.39 is 12.6 Å². The molecule has 0 atom stereocenters. The van der Waals surface area contributed by atoms with E-state index in [2.05, 4.69) is 50.2 Å². The third kappa shape index (κ3) is 6.71. The SMILES string of the molecule is CC(C)(C)c1ccc(COc2ccc(-c3cccc(C=NOCC(=O)O)c3)cc2)cc1. The quantitative estimate of drug-likeness (QED) is 0.379. The number of benzene rings is 3. The number of ether oxygens (including phenoxy) is 1. The van der Waals surface area contributed by atoms with Crippen LogP contribution in [0.1, 0.15) is 37.5 Å². The maximum atomic E-state index is 10.4. The molecule has 0 aliphatic heterocycles. The van der Waals surface area contributed by atoms with Crippen molar-refractivity contribution in [1.82, 2.24) is 0 Å². The van der Waals surface area contributed by atoms with E-state index in [1.165, 1.54) is 11.8 Å². The van der Waals surface area contributed by atoms with E-state index in [0.717, 1.165) is 28.0 Å². The van der Waals surface area contributed by atoms with Crippen LogP contribution in [0.15, 0.2) is 78.0 Å². The van der Waals surface area contributed by atoms with Gasteiger partial charge in [0.1, 0.15) is 12.4 Å². The summed E-state index contributed by atoms with van der Waals surface area (Å²) in [6, 6.07) is 24.2. The summed E-state index contributed by atoms with van der Waals surface area (Å²) in [4.78, 5) is 15.1. The van der Waals surface area contributed by atoms with Crippen LogP contribution in [0.3, 0.4) is 0 Å². The Morgan fingerprint density at radius 1 is 0.968 bits per heavy atom. The molecular weight excluding hydrogens is 390 g/mol. The second kappa shape index (κ2) is 9.94. The summed E-state index contributed by atoms with van der Waals surface area (Å²) in [5.74, 6) is -0.251. The molecule has 0 saturated carbocycles. The van der Waals surface area contributed by atoms with Gasteiger partial charge in [0, 0.05) is 0 Å². The number of hydrogen-bond donors (Lipinski definition) is 1. The molecule has 3 aromatic carbocycles. The summed E-state index contributed by atoms with van der Waals surface area (Å²) in [7, 11) is 0. The maximum absolute atomic E-state index is 10.4. The average Bonchev–Trinajstić information content (AvgIpc) is 2.75. The minimum atomic E-state index is -1.06. The molecule has 0 amide bonds. The molecule has 3 aromatic rings. The molecule has 0 unspecified atom stereocenters. The monoisotopic (exact) mass is 417 g/mol. The second-order valence-electron chi connectivity index (χ2n) is 8.29. The van der Waals surface area contributed by atoms with Gasteiger partial charge in [-0.05, 0) is 51.4 Å². The highest BCUT2D eigenvalue weighted by molar-refractivity contribution is 5.82. The number of hydrogen-bond acceptors (Lipinski definition) is 4. The van der Waals surface area contributed by atoms with Crippen molar-refractivity contribution >= 4 is 12.2 Å². The Hall–Kier alpha value is -3.60. The van der Waals surface area contributed by atoms with E-state index in [9.17, 15) is 4.79 Å². The topological polar surface area (TPSA) is 68.1 Å². The molecule has 160 valence electrons. The molecule has 0 aromatic heterocycles. The van der Waals surface area contributed by atoms with Gasteiger partial charge in [0.05, 0.1) is 6.21 Å². The lowest BCUT2D eigenvalue weighted by atomic mass is 9.87. The number of aliphatic carboxylic acids is 1. The zero-order valence-corrected chi connectivity index (χ0v) is 18.0. The van der Waals surface area contributed by atoms with Gasteiger partial charge in [-0.1, -0.05) is 80.5 Å². The van der Waals surface area contributed by atoms with E-state index in [1.807, 2.05) is 48.5 Å². The molecule has 0 radical (unpaired) electrons. The fourth-order valence-corrected chi connectivity index (χ4v) is 3.00. The van der Waals surface area contributed by atoms with Crippen LogP contribution in [0.25, 0.3) is 11.1 Å². The Labute approximate surface area is 182 Å². The van der Waals surface area contributed by atoms with Crippen molar-refractivity contribution in [1.29, 1.82) is 0 Å². The standard InChI is InChI=1S/C26H27NO4/c1-26(2,3)23-11-7-19(8-12-23)17-30-24-13-9-21(10-14-24)22-6-4-5-20(15-22)16-27-31-18-25(28)29/h4-16H,17-18H2,1-3H3,(H,28,29). The fraction of sp³-hybridized carbons (Fsp3) is 0.231. The van der Waals surface area contributed by atoms with Crippen molar-refractivity contribution in [2.24, 2.45) is 5.16 Å². The molecule has 3 rings (SSSR count). The number of carbonyl (C=O) groups is 1. The van der Waals surface area contributed by atoms with E-state index >= 15 is 0 Å². The molecule has 5 heteroatoms. The van der Waals surface area contributed by atoms with Gasteiger partial charge in [-0.3, -0.25) is 0 Å². The molecule has 1 N–H and O–H groups in total. The van der Waals surface area contributed by atoms with Crippen LogP contribution in [-0.4, -0.2) is 23.9 Å². The Morgan fingerprint density at radius 3 is 2.32 bits per heavy atom. The predicted octanol–water partition coefficient (Wildman–Crippen LogP) is 5.67. The van der Waals surface area contributed by atoms with Gasteiger partial charge < -0.3 is 14.7 Å². The molecule has 0 bridgehead atoms. The van der Waals surface area contributed by atoms with Crippen molar-refractivity contribution in [3.63, 3.8) is 0 Å². The molecule has 0 spiro atoms. The molecule has 0 heterocycles. The zero-order chi connectivity index (χ0) is 22.3. The van der Waals surface area contributed by atoms with Crippen LogP contribution in [0, 0.1) is 0 Å². The summed E-state index contributed by atoms with van der Waals surface area (Å²) >= 11 is 0. The molecule has 5 nitrogen and oxygen atoms in total. The number of nitrogens with zero attached hydrogens (tertiary/aromatic N) is 1. The normalized spacial score (nSPS) is 11.5. The summed E-state index contributed by atoms with van der Waals surface area (Å²) in [5, 5.41) is 12.2. The average molecular weight is 418 g/mol. The van der Waals surface area contributed by atoms with E-state index in [1.54, 1.807) is 0 Å². The van der Waals surface area contributed by atoms with E-state index in [4.69, 9.17) is 14.7 Å². The minimum Gasteiger partial charge on any atom is -0.489 e. The highest BCUT2D eigenvalue weighted by Crippen LogP contribution is 2.25. The van der Waals surface area contributed by atoms with Gasteiger partial charge in [-0.15, -0.1) is 0 Å². The Bertz CT molecular complexity index is 1030. The van der Waals surface area contributed by atoms with Crippen molar-refractivity contribution in [2.75, 3.05) is 6.61 Å². The van der Waals surface area contributed by atoms with E-state index in [0.29, 0.717) is 6.61 Å². The van der Waals surface area contributed by atoms with Crippen molar-refractivity contribution < 1.29 is 19.5 Å². The highest BCUT2D eigenvalue weighted by Gasteiger charge is 2.12. The minimum absolute atomic E-state index is 0.143. The van der Waals surface area contributed by atoms with Gasteiger partial charge in [0.15, 0.2) is 0 Å². The second-order valence-corrected chi connectivity index (χ2v) is 8.29. The molecule has 31 heavy (non-hydrogen) atoms. The van der Waals surface area contributed by atoms with Crippen LogP contribution >= 0.6 is 0 Å². The molecular formula is C26H27NO4. The van der Waals surface area contributed by atoms with Gasteiger partial charge in [0.2, 0.25) is 6.61 Å². The first-order valence-corrected chi connectivity index (χ1v) is 10.1. The molecule has 0 aliphatic carbocycles. The molecule has 0 saturated heterocycles. The Kier molecular flexibility index (Phi) is 7.08. The lowest BCUT2D eigenvalue weighted by Gasteiger charge is -2.19. The summed E-state index contributed by atoms with van der Waals surface area (Å²) in [6.07, 6.45) is 1.49. The van der Waals surface area contributed by atoms with Crippen molar-refractivity contribution in [3.8, 4) is 16.9 Å². The van der Waals surface area contributed by atoms with Crippen molar-refractivity contribution in [2.45, 2.75) is 32.8 Å². The van der Waals surface area contributed by atoms with Gasteiger partial charge in [-0.25, -0.2) is 4.79 Å². The number of oxime groups is 1. The maximum Gasteiger partial charge on any atom is 0.344 e. The summed E-state index contributed by atoms with van der Waals surface area (Å²) in [5.41, 5.74) is 5.47. The fourth-order valence-electron chi connectivity index (χ4n) is 3.00. The number of carboxylic acids is 1. The number of carboxylic acid groups (broad SMARTS) is 1. The Morgan fingerprint density at radius 2 is 1.68 bits per heavy atom. The first-order chi connectivity index (χ1) is 14.8. The summed E-state index contributed by atoms with van der Waals surface area (Å²) < 4.78 is 5.93. The lowest BCUT2D eigenvalue weighted by molar-refractivity contribution is -0.142. The first-order valence-electron chi connectivity index (χ1n) is 10.1. The van der Waals surface area contributed by atoms with Gasteiger partial charge in [0.25, 0.3) is 0 Å². The van der Waals surface area contributed by atoms with Crippen molar-refractivity contribution in [3.05, 3.63) is 89.5 Å². The van der Waals surface area contributed by atoms with Crippen LogP contribution in [0.4, 0.5) is 0 Å². The molecule has 0 aliphatic rings. The Balaban J connectivity index is 1.60. The van der Waals surface area contributed by atoms with Crippen LogP contribution in [0.2, 0.25) is 0 Å². The molecule has 0 fully saturated rings. The first kappa shape index (κ1) is 22.1. The van der Waals surface area contributed by atoms with E-state index in [-0.39, 0.29) is 5.41 Å². The third-order valence-corrected chi connectivity index (χ3v) is 4.76. The highest BCUT2D eigenvalue weighted by atomic mass is 16.6. The summed E-state index contributed by atoms with van der Waals surface area (Å²) in [6.45, 7) is 6.67. The van der Waals surface area contributed by atoms with Gasteiger partial charge >= 0.3 is 5.97 Å². The van der Waals surface area contributed by atoms with Crippen LogP contribution < -0.4 is 4.74 Å². The van der Waals surface area contributed by atoms with Crippen LogP contribution in [0.5, 0.6) is 5.75 Å². The van der Waals surface area contributed by atoms with Gasteiger partial charge in [-0.2, -0.15) is 0 Å². The largest absolute Gasteiger partial charge is 0.489 e. The van der Waals surface area contributed by atoms with Crippen LogP contribution in [-0.2, 0) is 21.7 Å². The lowest BCUT2D eigenvalue weighted by Crippen LogP contribution is -2.10.